The van der Waals surface area contributed by atoms with Gasteiger partial charge in [-0.1, -0.05) is 30.3 Å². The Labute approximate surface area is 121 Å². The fourth-order valence-corrected chi connectivity index (χ4v) is 1.92. The predicted molar refractivity (Wildman–Crippen MR) is 80.8 cm³/mol. The minimum Gasteiger partial charge on any atom is -0.478 e. The molecule has 0 saturated heterocycles. The van der Waals surface area contributed by atoms with Gasteiger partial charge in [-0.2, -0.15) is 0 Å². The zero-order valence-electron chi connectivity index (χ0n) is 10.6. The molecule has 0 atom stereocenters. The van der Waals surface area contributed by atoms with E-state index in [2.05, 4.69) is 4.99 Å². The van der Waals surface area contributed by atoms with Gasteiger partial charge >= 0.3 is 5.97 Å². The number of carboxylic acid groups (broad SMARTS) is 1. The highest BCUT2D eigenvalue weighted by molar-refractivity contribution is 6.28. The van der Waals surface area contributed by atoms with Crippen molar-refractivity contribution in [3.63, 3.8) is 0 Å². The number of nitrogens with zero attached hydrogens (tertiary/aromatic N) is 1. The molecule has 0 aromatic heterocycles. The van der Waals surface area contributed by atoms with Crippen LogP contribution >= 0.6 is 11.6 Å². The van der Waals surface area contributed by atoms with E-state index in [-0.39, 0.29) is 11.4 Å². The number of benzene rings is 2. The minimum atomic E-state index is -0.963. The first-order valence-corrected chi connectivity index (χ1v) is 6.47. The normalized spacial score (nSPS) is 11.3. The van der Waals surface area contributed by atoms with E-state index in [0.717, 1.165) is 5.56 Å². The number of aliphatic imine (C=N–C) groups is 1. The Hall–Kier alpha value is -2.33. The molecule has 102 valence electrons. The summed E-state index contributed by atoms with van der Waals surface area (Å²) in [5.41, 5.74) is 7.89. The number of carbonyl (C=O) groups is 1. The van der Waals surface area contributed by atoms with Crippen LogP contribution in [0.15, 0.2) is 53.5 Å². The van der Waals surface area contributed by atoms with Gasteiger partial charge in [-0.25, -0.2) is 9.79 Å². The van der Waals surface area contributed by atoms with Gasteiger partial charge in [-0.15, -0.1) is 11.6 Å². The van der Waals surface area contributed by atoms with E-state index in [9.17, 15) is 9.90 Å². The Balaban J connectivity index is 2.49. The molecule has 0 heterocycles. The SMILES string of the molecule is NC(CCl)=Nc1cccc(-c2ccccc2C(=O)O)c1. The molecule has 0 aliphatic carbocycles. The van der Waals surface area contributed by atoms with Crippen molar-refractivity contribution in [1.82, 2.24) is 0 Å². The molecule has 0 unspecified atom stereocenters. The molecule has 0 radical (unpaired) electrons. The largest absolute Gasteiger partial charge is 0.478 e. The fraction of sp³-hybridized carbons (Fsp3) is 0.0667. The number of halogens is 1. The van der Waals surface area contributed by atoms with E-state index in [1.165, 1.54) is 0 Å². The van der Waals surface area contributed by atoms with Crippen molar-refractivity contribution in [3.8, 4) is 11.1 Å². The Bertz CT molecular complexity index is 668. The number of nitrogens with two attached hydrogens (primary N) is 1. The lowest BCUT2D eigenvalue weighted by Crippen LogP contribution is -2.12. The fourth-order valence-electron chi connectivity index (χ4n) is 1.86. The molecule has 0 spiro atoms. The third-order valence-corrected chi connectivity index (χ3v) is 3.00. The topological polar surface area (TPSA) is 75.7 Å². The van der Waals surface area contributed by atoms with Crippen LogP contribution in [0.4, 0.5) is 5.69 Å². The second-order valence-electron chi connectivity index (χ2n) is 4.14. The molecule has 2 aromatic rings. The number of carboxylic acids is 1. The maximum Gasteiger partial charge on any atom is 0.336 e. The first-order valence-electron chi connectivity index (χ1n) is 5.93. The Morgan fingerprint density at radius 1 is 1.20 bits per heavy atom. The summed E-state index contributed by atoms with van der Waals surface area (Å²) in [4.78, 5) is 15.4. The highest BCUT2D eigenvalue weighted by Crippen LogP contribution is 2.27. The van der Waals surface area contributed by atoms with Crippen molar-refractivity contribution in [2.75, 3.05) is 5.88 Å². The van der Waals surface area contributed by atoms with Crippen LogP contribution in [0.2, 0.25) is 0 Å². The molecule has 0 aliphatic rings. The number of rotatable bonds is 4. The van der Waals surface area contributed by atoms with Gasteiger partial charge in [0.2, 0.25) is 0 Å². The average Bonchev–Trinajstić information content (AvgIpc) is 2.47. The Kier molecular flexibility index (Phi) is 4.38. The molecule has 2 aromatic carbocycles. The van der Waals surface area contributed by atoms with Gasteiger partial charge < -0.3 is 10.8 Å². The smallest absolute Gasteiger partial charge is 0.336 e. The van der Waals surface area contributed by atoms with E-state index in [1.54, 1.807) is 42.5 Å². The summed E-state index contributed by atoms with van der Waals surface area (Å²) in [6, 6.07) is 14.0. The van der Waals surface area contributed by atoms with Crippen LogP contribution in [0.25, 0.3) is 11.1 Å². The van der Waals surface area contributed by atoms with Crippen LogP contribution in [0.3, 0.4) is 0 Å². The zero-order chi connectivity index (χ0) is 14.5. The first-order chi connectivity index (χ1) is 9.61. The lowest BCUT2D eigenvalue weighted by Gasteiger charge is -2.07. The summed E-state index contributed by atoms with van der Waals surface area (Å²) in [6.45, 7) is 0. The summed E-state index contributed by atoms with van der Waals surface area (Å²) >= 11 is 5.59. The summed E-state index contributed by atoms with van der Waals surface area (Å²) in [6.07, 6.45) is 0. The van der Waals surface area contributed by atoms with E-state index in [1.807, 2.05) is 6.07 Å². The predicted octanol–water partition coefficient (Wildman–Crippen LogP) is 3.28. The van der Waals surface area contributed by atoms with Crippen molar-refractivity contribution in [1.29, 1.82) is 0 Å². The molecular formula is C15H13ClN2O2. The molecule has 0 aliphatic heterocycles. The van der Waals surface area contributed by atoms with Gasteiger partial charge in [0.1, 0.15) is 5.84 Å². The third-order valence-electron chi connectivity index (χ3n) is 2.72. The summed E-state index contributed by atoms with van der Waals surface area (Å²) < 4.78 is 0. The van der Waals surface area contributed by atoms with Gasteiger partial charge in [0, 0.05) is 0 Å². The molecule has 5 heteroatoms. The number of alkyl halides is 1. The molecule has 0 amide bonds. The van der Waals surface area contributed by atoms with Crippen LogP contribution in [0, 0.1) is 0 Å². The van der Waals surface area contributed by atoms with E-state index < -0.39 is 5.97 Å². The molecule has 20 heavy (non-hydrogen) atoms. The van der Waals surface area contributed by atoms with Gasteiger partial charge in [-0.05, 0) is 29.3 Å². The number of hydrogen-bond acceptors (Lipinski definition) is 2. The van der Waals surface area contributed by atoms with Gasteiger partial charge in [0.25, 0.3) is 0 Å². The van der Waals surface area contributed by atoms with Crippen LogP contribution in [0.1, 0.15) is 10.4 Å². The van der Waals surface area contributed by atoms with Crippen molar-refractivity contribution >= 4 is 29.1 Å². The monoisotopic (exact) mass is 288 g/mol. The quantitative estimate of drug-likeness (QED) is 0.515. The number of aromatic carboxylic acids is 1. The second kappa shape index (κ2) is 6.21. The van der Waals surface area contributed by atoms with E-state index in [0.29, 0.717) is 17.1 Å². The van der Waals surface area contributed by atoms with Gasteiger partial charge in [0.15, 0.2) is 0 Å². The molecule has 0 bridgehead atoms. The maximum absolute atomic E-state index is 11.2. The number of amidine groups is 1. The highest BCUT2D eigenvalue weighted by Gasteiger charge is 2.10. The third kappa shape index (κ3) is 3.16. The van der Waals surface area contributed by atoms with Gasteiger partial charge in [-0.3, -0.25) is 0 Å². The second-order valence-corrected chi connectivity index (χ2v) is 4.41. The van der Waals surface area contributed by atoms with Crippen LogP contribution in [0.5, 0.6) is 0 Å². The average molecular weight is 289 g/mol. The molecule has 0 saturated carbocycles. The zero-order valence-corrected chi connectivity index (χ0v) is 11.3. The summed E-state index contributed by atoms with van der Waals surface area (Å²) in [5, 5.41) is 9.21. The van der Waals surface area contributed by atoms with Crippen molar-refractivity contribution in [2.24, 2.45) is 10.7 Å². The summed E-state index contributed by atoms with van der Waals surface area (Å²) in [5.74, 6) is -0.499. The Morgan fingerprint density at radius 2 is 1.95 bits per heavy atom. The first kappa shape index (κ1) is 14.1. The van der Waals surface area contributed by atoms with Crippen LogP contribution < -0.4 is 5.73 Å². The van der Waals surface area contributed by atoms with Gasteiger partial charge in [0.05, 0.1) is 17.1 Å². The van der Waals surface area contributed by atoms with Crippen molar-refractivity contribution in [2.45, 2.75) is 0 Å². The van der Waals surface area contributed by atoms with E-state index >= 15 is 0 Å². The maximum atomic E-state index is 11.2. The minimum absolute atomic E-state index is 0.149. The lowest BCUT2D eigenvalue weighted by atomic mass is 9.99. The molecule has 2 rings (SSSR count). The van der Waals surface area contributed by atoms with E-state index in [4.69, 9.17) is 17.3 Å². The Morgan fingerprint density at radius 3 is 2.65 bits per heavy atom. The molecule has 0 fully saturated rings. The number of hydrogen-bond donors (Lipinski definition) is 2. The molecular weight excluding hydrogens is 276 g/mol. The van der Waals surface area contributed by atoms with Crippen LogP contribution in [-0.4, -0.2) is 22.8 Å². The van der Waals surface area contributed by atoms with Crippen LogP contribution in [-0.2, 0) is 0 Å². The molecule has 4 nitrogen and oxygen atoms in total. The lowest BCUT2D eigenvalue weighted by molar-refractivity contribution is 0.0697. The van der Waals surface area contributed by atoms with Crippen molar-refractivity contribution < 1.29 is 9.90 Å². The van der Waals surface area contributed by atoms with Crippen molar-refractivity contribution in [3.05, 3.63) is 54.1 Å². The standard InChI is InChI=1S/C15H13ClN2O2/c16-9-14(17)18-11-5-3-4-10(8-11)12-6-1-2-7-13(12)15(19)20/h1-8H,9H2,(H2,17,18)(H,19,20). The summed E-state index contributed by atoms with van der Waals surface area (Å²) in [7, 11) is 0. The molecule has 3 N–H and O–H groups in total. The highest BCUT2D eigenvalue weighted by atomic mass is 35.5.